The predicted octanol–water partition coefficient (Wildman–Crippen LogP) is 0.369. The third-order valence-electron chi connectivity index (χ3n) is 1.27. The van der Waals surface area contributed by atoms with Gasteiger partial charge in [-0.15, -0.1) is 6.58 Å². The van der Waals surface area contributed by atoms with Crippen molar-refractivity contribution < 1.29 is 4.84 Å². The minimum atomic E-state index is 0.0209. The van der Waals surface area contributed by atoms with Crippen LogP contribution in [-0.2, 0) is 4.84 Å². The predicted molar refractivity (Wildman–Crippen MR) is 46.1 cm³/mol. The maximum Gasteiger partial charge on any atom is 0.216 e. The SMILES string of the molecule is C=CC(C)N=C(N)N(C)OC. The molecule has 0 aliphatic rings. The molecule has 0 aliphatic carbocycles. The zero-order valence-electron chi connectivity index (χ0n) is 7.24. The van der Waals surface area contributed by atoms with Crippen LogP contribution in [0.4, 0.5) is 0 Å². The second-order valence-corrected chi connectivity index (χ2v) is 2.14. The highest BCUT2D eigenvalue weighted by Crippen LogP contribution is 1.91. The van der Waals surface area contributed by atoms with E-state index in [0.717, 1.165) is 0 Å². The molecule has 0 aromatic carbocycles. The van der Waals surface area contributed by atoms with E-state index in [1.807, 2.05) is 6.92 Å². The average molecular weight is 157 g/mol. The summed E-state index contributed by atoms with van der Waals surface area (Å²) >= 11 is 0. The Morgan fingerprint density at radius 3 is 2.73 bits per heavy atom. The summed E-state index contributed by atoms with van der Waals surface area (Å²) in [7, 11) is 3.22. The van der Waals surface area contributed by atoms with Gasteiger partial charge < -0.3 is 5.73 Å². The smallest absolute Gasteiger partial charge is 0.216 e. The van der Waals surface area contributed by atoms with Crippen molar-refractivity contribution in [2.75, 3.05) is 14.2 Å². The largest absolute Gasteiger partial charge is 0.368 e. The first-order valence-corrected chi connectivity index (χ1v) is 3.35. The molecule has 0 radical (unpaired) electrons. The lowest BCUT2D eigenvalue weighted by molar-refractivity contribution is -0.0433. The zero-order valence-corrected chi connectivity index (χ0v) is 7.24. The molecule has 0 aromatic heterocycles. The molecule has 0 spiro atoms. The van der Waals surface area contributed by atoms with Gasteiger partial charge in [0.1, 0.15) is 0 Å². The molecule has 0 aliphatic heterocycles. The molecule has 11 heavy (non-hydrogen) atoms. The monoisotopic (exact) mass is 157 g/mol. The number of hydroxylamine groups is 2. The molecule has 4 heteroatoms. The van der Waals surface area contributed by atoms with E-state index in [-0.39, 0.29) is 6.04 Å². The lowest BCUT2D eigenvalue weighted by Gasteiger charge is -2.14. The standard InChI is InChI=1S/C7H15N3O/c1-5-6(2)9-7(8)10(3)11-4/h5-6H,1H2,2-4H3,(H2,8,9). The molecule has 0 saturated heterocycles. The molecule has 0 saturated carbocycles. The first-order valence-electron chi connectivity index (χ1n) is 3.35. The Hall–Kier alpha value is -1.03. The summed E-state index contributed by atoms with van der Waals surface area (Å²) in [6.07, 6.45) is 1.70. The molecular weight excluding hydrogens is 142 g/mol. The van der Waals surface area contributed by atoms with Crippen LogP contribution < -0.4 is 5.73 Å². The number of nitrogens with zero attached hydrogens (tertiary/aromatic N) is 2. The second-order valence-electron chi connectivity index (χ2n) is 2.14. The third-order valence-corrected chi connectivity index (χ3v) is 1.27. The normalized spacial score (nSPS) is 14.3. The van der Waals surface area contributed by atoms with E-state index in [4.69, 9.17) is 10.6 Å². The number of aliphatic imine (C=N–C) groups is 1. The topological polar surface area (TPSA) is 50.8 Å². The van der Waals surface area contributed by atoms with E-state index in [1.165, 1.54) is 12.2 Å². The minimum Gasteiger partial charge on any atom is -0.368 e. The van der Waals surface area contributed by atoms with Crippen LogP contribution in [0.15, 0.2) is 17.6 Å². The van der Waals surface area contributed by atoms with Crippen LogP contribution >= 0.6 is 0 Å². The Bertz CT molecular complexity index is 156. The van der Waals surface area contributed by atoms with Crippen molar-refractivity contribution in [1.82, 2.24) is 5.06 Å². The maximum atomic E-state index is 5.51. The molecule has 0 fully saturated rings. The Labute approximate surface area is 67.3 Å². The molecule has 0 aromatic rings. The highest BCUT2D eigenvalue weighted by molar-refractivity contribution is 5.76. The lowest BCUT2D eigenvalue weighted by atomic mass is 10.4. The molecule has 0 amide bonds. The van der Waals surface area contributed by atoms with Gasteiger partial charge in [0, 0.05) is 7.05 Å². The van der Waals surface area contributed by atoms with E-state index < -0.39 is 0 Å². The molecule has 0 bridgehead atoms. The quantitative estimate of drug-likeness (QED) is 0.279. The summed E-state index contributed by atoms with van der Waals surface area (Å²) in [6, 6.07) is 0.0209. The molecule has 0 heterocycles. The first-order chi connectivity index (χ1) is 5.11. The number of hydrogen-bond donors (Lipinski definition) is 1. The molecule has 1 atom stereocenters. The van der Waals surface area contributed by atoms with Gasteiger partial charge in [-0.3, -0.25) is 4.84 Å². The van der Waals surface area contributed by atoms with Gasteiger partial charge in [-0.2, -0.15) is 0 Å². The van der Waals surface area contributed by atoms with Crippen molar-refractivity contribution in [2.24, 2.45) is 10.7 Å². The minimum absolute atomic E-state index is 0.0209. The van der Waals surface area contributed by atoms with Crippen LogP contribution in [0.3, 0.4) is 0 Å². The van der Waals surface area contributed by atoms with E-state index in [0.29, 0.717) is 5.96 Å². The second kappa shape index (κ2) is 4.73. The van der Waals surface area contributed by atoms with Gasteiger partial charge in [-0.1, -0.05) is 6.08 Å². The number of guanidine groups is 1. The third kappa shape index (κ3) is 3.62. The Balaban J connectivity index is 4.08. The number of nitrogens with two attached hydrogens (primary N) is 1. The van der Waals surface area contributed by atoms with Gasteiger partial charge in [0.15, 0.2) is 0 Å². The fourth-order valence-electron chi connectivity index (χ4n) is 0.436. The van der Waals surface area contributed by atoms with E-state index in [2.05, 4.69) is 11.6 Å². The van der Waals surface area contributed by atoms with Crippen molar-refractivity contribution in [3.05, 3.63) is 12.7 Å². The average Bonchev–Trinajstić information content (AvgIpc) is 2.02. The summed E-state index contributed by atoms with van der Waals surface area (Å²) in [4.78, 5) is 8.84. The van der Waals surface area contributed by atoms with Crippen LogP contribution in [-0.4, -0.2) is 31.2 Å². The fraction of sp³-hybridized carbons (Fsp3) is 0.571. The van der Waals surface area contributed by atoms with Gasteiger partial charge >= 0.3 is 0 Å². The van der Waals surface area contributed by atoms with Crippen molar-refractivity contribution in [2.45, 2.75) is 13.0 Å². The summed E-state index contributed by atoms with van der Waals surface area (Å²) < 4.78 is 0. The molecule has 1 unspecified atom stereocenters. The van der Waals surface area contributed by atoms with Crippen LogP contribution in [0, 0.1) is 0 Å². The number of hydrogen-bond acceptors (Lipinski definition) is 2. The van der Waals surface area contributed by atoms with E-state index in [9.17, 15) is 0 Å². The molecule has 64 valence electrons. The highest BCUT2D eigenvalue weighted by atomic mass is 16.7. The summed E-state index contributed by atoms with van der Waals surface area (Å²) in [5.74, 6) is 0.347. The van der Waals surface area contributed by atoms with Gasteiger partial charge in [0.05, 0.1) is 13.2 Å². The molecule has 0 rings (SSSR count). The van der Waals surface area contributed by atoms with Crippen LogP contribution in [0.2, 0.25) is 0 Å². The molecule has 4 nitrogen and oxygen atoms in total. The summed E-state index contributed by atoms with van der Waals surface area (Å²) in [5, 5.41) is 1.39. The summed E-state index contributed by atoms with van der Waals surface area (Å²) in [6.45, 7) is 5.47. The Morgan fingerprint density at radius 1 is 1.82 bits per heavy atom. The lowest BCUT2D eigenvalue weighted by Crippen LogP contribution is -2.33. The fourth-order valence-corrected chi connectivity index (χ4v) is 0.436. The van der Waals surface area contributed by atoms with Crippen molar-refractivity contribution >= 4 is 5.96 Å². The van der Waals surface area contributed by atoms with Crippen LogP contribution in [0.25, 0.3) is 0 Å². The van der Waals surface area contributed by atoms with Gasteiger partial charge in [0.25, 0.3) is 0 Å². The Morgan fingerprint density at radius 2 is 2.36 bits per heavy atom. The van der Waals surface area contributed by atoms with E-state index in [1.54, 1.807) is 13.1 Å². The Kier molecular flexibility index (Phi) is 4.29. The van der Waals surface area contributed by atoms with Gasteiger partial charge in [-0.25, -0.2) is 10.1 Å². The summed E-state index contributed by atoms with van der Waals surface area (Å²) in [5.41, 5.74) is 5.51. The van der Waals surface area contributed by atoms with Crippen LogP contribution in [0.1, 0.15) is 6.92 Å². The van der Waals surface area contributed by atoms with E-state index >= 15 is 0 Å². The van der Waals surface area contributed by atoms with Crippen LogP contribution in [0.5, 0.6) is 0 Å². The highest BCUT2D eigenvalue weighted by Gasteiger charge is 1.99. The van der Waals surface area contributed by atoms with Gasteiger partial charge in [0.2, 0.25) is 5.96 Å². The van der Waals surface area contributed by atoms with Crippen molar-refractivity contribution in [3.63, 3.8) is 0 Å². The van der Waals surface area contributed by atoms with Crippen molar-refractivity contribution in [1.29, 1.82) is 0 Å². The van der Waals surface area contributed by atoms with Crippen molar-refractivity contribution in [3.8, 4) is 0 Å². The number of rotatable bonds is 3. The zero-order chi connectivity index (χ0) is 8.85. The molecular formula is C7H15N3O. The van der Waals surface area contributed by atoms with Gasteiger partial charge in [-0.05, 0) is 6.92 Å². The first kappa shape index (κ1) is 9.97. The molecule has 2 N–H and O–H groups in total. The maximum absolute atomic E-state index is 5.51.